The number of hydrogen-bond acceptors (Lipinski definition) is 3. The van der Waals surface area contributed by atoms with Crippen LogP contribution in [0.2, 0.25) is 0 Å². The van der Waals surface area contributed by atoms with Crippen LogP contribution in [0.3, 0.4) is 0 Å². The molecule has 1 N–H and O–H groups in total. The lowest BCUT2D eigenvalue weighted by Gasteiger charge is -2.25. The molecule has 1 aromatic carbocycles. The molecule has 0 saturated carbocycles. The van der Waals surface area contributed by atoms with Gasteiger partial charge < -0.3 is 5.11 Å². The second-order valence-corrected chi connectivity index (χ2v) is 11.2. The summed E-state index contributed by atoms with van der Waals surface area (Å²) in [6.45, 7) is 0. The minimum Gasteiger partial charge on any atom is -0.385 e. The van der Waals surface area contributed by atoms with Crippen molar-refractivity contribution in [2.75, 3.05) is 6.26 Å². The van der Waals surface area contributed by atoms with Gasteiger partial charge in [-0.2, -0.15) is 0 Å². The second kappa shape index (κ2) is 4.87. The number of aliphatic hydroxyl groups excluding tert-OH is 1. The lowest BCUT2D eigenvalue weighted by Crippen LogP contribution is -2.31. The monoisotopic (exact) mass is 422 g/mol. The van der Waals surface area contributed by atoms with Crippen molar-refractivity contribution in [2.45, 2.75) is 7.77 Å². The SMILES string of the molecule is CS(=O)(=O)[C@](Br)(I)[C@@H](O)c1ccc(F)cc1. The Balaban J connectivity index is 3.12. The van der Waals surface area contributed by atoms with Crippen molar-refractivity contribution in [1.82, 2.24) is 0 Å². The summed E-state index contributed by atoms with van der Waals surface area (Å²) in [6.07, 6.45) is -0.260. The topological polar surface area (TPSA) is 54.4 Å². The molecule has 0 amide bonds. The number of aliphatic hydroxyl groups is 1. The maximum atomic E-state index is 12.7. The Morgan fingerprint density at radius 3 is 2.25 bits per heavy atom. The number of sulfone groups is 1. The molecule has 0 aliphatic carbocycles. The first-order valence-corrected chi connectivity index (χ1v) is 7.93. The zero-order valence-electron chi connectivity index (χ0n) is 8.19. The molecule has 0 aliphatic rings. The van der Waals surface area contributed by atoms with Gasteiger partial charge in [-0.3, -0.25) is 0 Å². The van der Waals surface area contributed by atoms with Crippen molar-refractivity contribution in [2.24, 2.45) is 0 Å². The third kappa shape index (κ3) is 2.93. The number of benzene rings is 1. The molecule has 1 aromatic rings. The third-order valence-corrected chi connectivity index (χ3v) is 8.40. The number of alkyl halides is 2. The standard InChI is InChI=1S/C9H9BrFIO3S/c1-16(14,15)9(10,12)8(13)6-2-4-7(11)5-3-6/h2-5,8,13H,1H3/t8-,9+/m0/s1. The maximum absolute atomic E-state index is 12.7. The van der Waals surface area contributed by atoms with E-state index in [1.807, 2.05) is 0 Å². The number of hydrogen-bond donors (Lipinski definition) is 1. The lowest BCUT2D eigenvalue weighted by atomic mass is 10.1. The highest BCUT2D eigenvalue weighted by molar-refractivity contribution is 14.1. The predicted molar refractivity (Wildman–Crippen MR) is 71.9 cm³/mol. The molecule has 0 fully saturated rings. The maximum Gasteiger partial charge on any atom is 0.206 e. The fourth-order valence-electron chi connectivity index (χ4n) is 1.04. The highest BCUT2D eigenvalue weighted by Gasteiger charge is 2.43. The average molecular weight is 423 g/mol. The van der Waals surface area contributed by atoms with Gasteiger partial charge in [-0.1, -0.05) is 28.1 Å². The largest absolute Gasteiger partial charge is 0.385 e. The summed E-state index contributed by atoms with van der Waals surface area (Å²) in [5.41, 5.74) is 0.332. The average Bonchev–Trinajstić information content (AvgIpc) is 2.16. The summed E-state index contributed by atoms with van der Waals surface area (Å²) in [5, 5.41) is 9.92. The van der Waals surface area contributed by atoms with E-state index in [0.29, 0.717) is 5.56 Å². The van der Waals surface area contributed by atoms with Crippen LogP contribution in [0.25, 0.3) is 0 Å². The van der Waals surface area contributed by atoms with Crippen molar-refractivity contribution in [3.8, 4) is 0 Å². The minimum absolute atomic E-state index is 0.332. The molecule has 90 valence electrons. The van der Waals surface area contributed by atoms with Crippen LogP contribution < -0.4 is 0 Å². The first kappa shape index (κ1) is 14.3. The van der Waals surface area contributed by atoms with Crippen molar-refractivity contribution in [3.63, 3.8) is 0 Å². The highest BCUT2D eigenvalue weighted by Crippen LogP contribution is 2.44. The van der Waals surface area contributed by atoms with Gasteiger partial charge in [-0.05, 0) is 40.3 Å². The molecule has 2 atom stereocenters. The first-order valence-electron chi connectivity index (χ1n) is 4.17. The Bertz CT molecular complexity index is 472. The Morgan fingerprint density at radius 1 is 1.44 bits per heavy atom. The van der Waals surface area contributed by atoms with Gasteiger partial charge in [0.15, 0.2) is 9.84 Å². The third-order valence-electron chi connectivity index (χ3n) is 2.00. The van der Waals surface area contributed by atoms with Crippen LogP contribution in [0, 0.1) is 5.82 Å². The van der Waals surface area contributed by atoms with Crippen LogP contribution in [0.15, 0.2) is 24.3 Å². The van der Waals surface area contributed by atoms with E-state index >= 15 is 0 Å². The normalized spacial score (nSPS) is 17.8. The van der Waals surface area contributed by atoms with E-state index in [1.165, 1.54) is 24.3 Å². The molecule has 3 nitrogen and oxygen atoms in total. The number of rotatable bonds is 3. The minimum atomic E-state index is -3.50. The molecular weight excluding hydrogens is 414 g/mol. The Hall–Kier alpha value is 0.270. The molecule has 16 heavy (non-hydrogen) atoms. The van der Waals surface area contributed by atoms with Gasteiger partial charge >= 0.3 is 0 Å². The van der Waals surface area contributed by atoms with E-state index < -0.39 is 23.4 Å². The van der Waals surface area contributed by atoms with E-state index in [9.17, 15) is 17.9 Å². The fraction of sp³-hybridized carbons (Fsp3) is 0.333. The van der Waals surface area contributed by atoms with Gasteiger partial charge in [0, 0.05) is 6.26 Å². The first-order chi connectivity index (χ1) is 7.16. The molecule has 0 unspecified atom stereocenters. The summed E-state index contributed by atoms with van der Waals surface area (Å²) in [5.74, 6) is -0.441. The molecule has 0 saturated heterocycles. The summed E-state index contributed by atoms with van der Waals surface area (Å²) < 4.78 is 34.0. The molecule has 0 aliphatic heterocycles. The second-order valence-electron chi connectivity index (χ2n) is 3.29. The molecule has 7 heteroatoms. The van der Waals surface area contributed by atoms with Crippen LogP contribution in [0.5, 0.6) is 0 Å². The summed E-state index contributed by atoms with van der Waals surface area (Å²) in [6, 6.07) is 5.03. The molecule has 0 radical (unpaired) electrons. The molecule has 0 bridgehead atoms. The van der Waals surface area contributed by atoms with Crippen molar-refractivity contribution in [1.29, 1.82) is 0 Å². The zero-order valence-corrected chi connectivity index (χ0v) is 12.8. The number of halogens is 3. The van der Waals surface area contributed by atoms with Crippen molar-refractivity contribution >= 4 is 48.4 Å². The van der Waals surface area contributed by atoms with E-state index in [2.05, 4.69) is 15.9 Å². The van der Waals surface area contributed by atoms with E-state index in [4.69, 9.17) is 0 Å². The van der Waals surface area contributed by atoms with E-state index in [-0.39, 0.29) is 0 Å². The Morgan fingerprint density at radius 2 is 1.88 bits per heavy atom. The molecule has 0 spiro atoms. The highest BCUT2D eigenvalue weighted by atomic mass is 127. The molecular formula is C9H9BrFIO3S. The van der Waals surface area contributed by atoms with E-state index in [0.717, 1.165) is 6.26 Å². The smallest absolute Gasteiger partial charge is 0.206 e. The fourth-order valence-corrected chi connectivity index (χ4v) is 2.21. The van der Waals surface area contributed by atoms with Gasteiger partial charge in [0.2, 0.25) is 1.66 Å². The van der Waals surface area contributed by atoms with Crippen LogP contribution >= 0.6 is 38.5 Å². The van der Waals surface area contributed by atoms with Gasteiger partial charge in [0.1, 0.15) is 11.9 Å². The molecule has 0 aromatic heterocycles. The Kier molecular flexibility index (Phi) is 4.36. The van der Waals surface area contributed by atoms with Crippen molar-refractivity contribution < 1.29 is 17.9 Å². The van der Waals surface area contributed by atoms with Gasteiger partial charge in [-0.25, -0.2) is 12.8 Å². The van der Waals surface area contributed by atoms with E-state index in [1.54, 1.807) is 22.6 Å². The summed E-state index contributed by atoms with van der Waals surface area (Å²) >= 11 is 4.58. The van der Waals surface area contributed by atoms with Gasteiger partial charge in [0.05, 0.1) is 0 Å². The van der Waals surface area contributed by atoms with Crippen LogP contribution in [0.1, 0.15) is 11.7 Å². The predicted octanol–water partition coefficient (Wildman–Crippen LogP) is 2.39. The van der Waals surface area contributed by atoms with Gasteiger partial charge in [0.25, 0.3) is 0 Å². The Labute approximate surface area is 115 Å². The summed E-state index contributed by atoms with van der Waals surface area (Å²) in [7, 11) is -3.50. The zero-order chi connectivity index (χ0) is 12.6. The molecule has 0 heterocycles. The van der Waals surface area contributed by atoms with Crippen molar-refractivity contribution in [3.05, 3.63) is 35.6 Å². The van der Waals surface area contributed by atoms with Crippen LogP contribution in [-0.2, 0) is 9.84 Å². The lowest BCUT2D eigenvalue weighted by molar-refractivity contribution is 0.191. The molecule has 1 rings (SSSR count). The van der Waals surface area contributed by atoms with Crippen LogP contribution in [-0.4, -0.2) is 21.4 Å². The quantitative estimate of drug-likeness (QED) is 0.601. The summed E-state index contributed by atoms with van der Waals surface area (Å²) in [4.78, 5) is 0. The van der Waals surface area contributed by atoms with Gasteiger partial charge in [-0.15, -0.1) is 0 Å². The van der Waals surface area contributed by atoms with Crippen LogP contribution in [0.4, 0.5) is 4.39 Å².